The van der Waals surface area contributed by atoms with E-state index in [0.29, 0.717) is 0 Å². The van der Waals surface area contributed by atoms with Crippen LogP contribution >= 0.6 is 11.8 Å². The Hall–Kier alpha value is -1.16. The van der Waals surface area contributed by atoms with Gasteiger partial charge >= 0.3 is 0 Å². The first-order chi connectivity index (χ1) is 8.45. The number of rotatable bonds is 0. The van der Waals surface area contributed by atoms with Crippen LogP contribution in [0.4, 0.5) is 11.4 Å². The van der Waals surface area contributed by atoms with E-state index in [2.05, 4.69) is 61.5 Å². The molecule has 0 amide bonds. The highest BCUT2D eigenvalue weighted by atomic mass is 32.2. The van der Waals surface area contributed by atoms with Gasteiger partial charge in [0, 0.05) is 6.42 Å². The first kappa shape index (κ1) is 11.9. The number of thioether (sulfide) groups is 1. The number of hydrogen-bond donors (Lipinski definition) is 1. The van der Waals surface area contributed by atoms with Crippen molar-refractivity contribution < 1.29 is 0 Å². The Kier molecular flexibility index (Phi) is 2.43. The van der Waals surface area contributed by atoms with Crippen LogP contribution in [0.1, 0.15) is 27.2 Å². The van der Waals surface area contributed by atoms with Crippen molar-refractivity contribution in [1.82, 2.24) is 0 Å². The fourth-order valence-corrected chi connectivity index (χ4v) is 3.97. The van der Waals surface area contributed by atoms with Crippen LogP contribution in [0.2, 0.25) is 0 Å². The Labute approximate surface area is 113 Å². The summed E-state index contributed by atoms with van der Waals surface area (Å²) < 4.78 is 0. The van der Waals surface area contributed by atoms with Crippen molar-refractivity contribution in [2.75, 3.05) is 16.5 Å². The van der Waals surface area contributed by atoms with Crippen LogP contribution in [0, 0.1) is 0 Å². The Morgan fingerprint density at radius 2 is 2.00 bits per heavy atom. The molecule has 0 aromatic heterocycles. The van der Waals surface area contributed by atoms with Gasteiger partial charge in [-0.25, -0.2) is 0 Å². The fourth-order valence-electron chi connectivity index (χ4n) is 3.15. The monoisotopic (exact) mass is 261 g/mol. The van der Waals surface area contributed by atoms with Crippen molar-refractivity contribution in [3.05, 3.63) is 24.3 Å². The van der Waals surface area contributed by atoms with E-state index < -0.39 is 0 Å². The predicted molar refractivity (Wildman–Crippen MR) is 80.6 cm³/mol. The van der Waals surface area contributed by atoms with Gasteiger partial charge in [0.25, 0.3) is 0 Å². The van der Waals surface area contributed by atoms with E-state index in [1.165, 1.54) is 11.4 Å². The van der Waals surface area contributed by atoms with E-state index in [4.69, 9.17) is 4.99 Å². The van der Waals surface area contributed by atoms with Crippen LogP contribution in [0.3, 0.4) is 0 Å². The molecule has 1 N–H and O–H groups in total. The smallest absolute Gasteiger partial charge is 0.165 e. The second-order valence-corrected chi connectivity index (χ2v) is 6.61. The maximum Gasteiger partial charge on any atom is 0.165 e. The van der Waals surface area contributed by atoms with E-state index >= 15 is 0 Å². The Morgan fingerprint density at radius 1 is 1.28 bits per heavy atom. The number of benzene rings is 1. The van der Waals surface area contributed by atoms with E-state index in [1.54, 1.807) is 11.8 Å². The zero-order valence-electron chi connectivity index (χ0n) is 11.3. The molecule has 0 saturated carbocycles. The zero-order valence-corrected chi connectivity index (χ0v) is 12.1. The molecule has 2 heterocycles. The van der Waals surface area contributed by atoms with Crippen molar-refractivity contribution in [3.8, 4) is 0 Å². The molecule has 0 radical (unpaired) electrons. The number of amidine groups is 1. The molecule has 3 rings (SSSR count). The number of hydrogen-bond acceptors (Lipinski definition) is 4. The summed E-state index contributed by atoms with van der Waals surface area (Å²) >= 11 is 1.72. The van der Waals surface area contributed by atoms with Gasteiger partial charge in [0.05, 0.1) is 16.9 Å². The number of fused-ring (bicyclic) bond motifs is 3. The summed E-state index contributed by atoms with van der Waals surface area (Å²) in [4.78, 5) is 7.23. The van der Waals surface area contributed by atoms with Crippen LogP contribution in [-0.2, 0) is 0 Å². The normalized spacial score (nSPS) is 28.2. The third kappa shape index (κ3) is 1.62. The lowest BCUT2D eigenvalue weighted by Gasteiger charge is -2.45. The molecule has 1 aromatic carbocycles. The highest BCUT2D eigenvalue weighted by Crippen LogP contribution is 2.47. The van der Waals surface area contributed by atoms with Crippen LogP contribution < -0.4 is 10.2 Å². The minimum atomic E-state index is -0.0622. The van der Waals surface area contributed by atoms with Gasteiger partial charge in [-0.15, -0.1) is 0 Å². The lowest BCUT2D eigenvalue weighted by molar-refractivity contribution is 0.353. The van der Waals surface area contributed by atoms with Crippen LogP contribution in [0.15, 0.2) is 29.3 Å². The standard InChI is InChI=1S/C14H19N3S/c1-13(2)9-14(3)15-10-7-5-6-8-11(10)17(14)12(16-13)18-4/h5-8,15H,9H2,1-4H3/t14-/m1/s1. The maximum absolute atomic E-state index is 4.88. The average Bonchev–Trinajstić information content (AvgIpc) is 2.57. The van der Waals surface area contributed by atoms with Crippen LogP contribution in [0.25, 0.3) is 0 Å². The molecule has 18 heavy (non-hydrogen) atoms. The largest absolute Gasteiger partial charge is 0.361 e. The summed E-state index contributed by atoms with van der Waals surface area (Å²) in [6.45, 7) is 6.67. The molecular weight excluding hydrogens is 242 g/mol. The molecule has 0 fully saturated rings. The minimum absolute atomic E-state index is 0.0152. The quantitative estimate of drug-likeness (QED) is 0.774. The average molecular weight is 261 g/mol. The summed E-state index contributed by atoms with van der Waals surface area (Å²) in [6.07, 6.45) is 3.10. The SMILES string of the molecule is CSC1=NC(C)(C)C[C@]2(C)Nc3ccccc3N12. The molecule has 3 nitrogen and oxygen atoms in total. The molecular formula is C14H19N3S. The molecule has 0 unspecified atom stereocenters. The van der Waals surface area contributed by atoms with Gasteiger partial charge in [-0.1, -0.05) is 23.9 Å². The molecule has 1 atom stereocenters. The van der Waals surface area contributed by atoms with E-state index in [0.717, 1.165) is 11.6 Å². The Bertz CT molecular complexity index is 524. The van der Waals surface area contributed by atoms with Crippen LogP contribution in [-0.4, -0.2) is 22.6 Å². The van der Waals surface area contributed by atoms with Gasteiger partial charge in [-0.3, -0.25) is 9.89 Å². The number of nitrogens with zero attached hydrogens (tertiary/aromatic N) is 2. The maximum atomic E-state index is 4.88. The minimum Gasteiger partial charge on any atom is -0.361 e. The van der Waals surface area contributed by atoms with Gasteiger partial charge < -0.3 is 5.32 Å². The highest BCUT2D eigenvalue weighted by Gasteiger charge is 2.48. The first-order valence-electron chi connectivity index (χ1n) is 6.26. The highest BCUT2D eigenvalue weighted by molar-refractivity contribution is 8.13. The van der Waals surface area contributed by atoms with Gasteiger partial charge in [0.2, 0.25) is 0 Å². The molecule has 0 bridgehead atoms. The summed E-state index contributed by atoms with van der Waals surface area (Å²) in [7, 11) is 0. The number of anilines is 2. The Morgan fingerprint density at radius 3 is 2.72 bits per heavy atom. The second kappa shape index (κ2) is 3.67. The molecule has 1 aromatic rings. The van der Waals surface area contributed by atoms with E-state index in [-0.39, 0.29) is 11.2 Å². The summed E-state index contributed by atoms with van der Waals surface area (Å²) in [5.41, 5.74) is 2.37. The predicted octanol–water partition coefficient (Wildman–Crippen LogP) is 3.54. The number of aliphatic imine (C=N–C) groups is 1. The van der Waals surface area contributed by atoms with Crippen molar-refractivity contribution >= 4 is 28.3 Å². The summed E-state index contributed by atoms with van der Waals surface area (Å²) in [5.74, 6) is 0. The molecule has 4 heteroatoms. The van der Waals surface area contributed by atoms with Crippen molar-refractivity contribution in [1.29, 1.82) is 0 Å². The molecule has 2 aliphatic rings. The molecule has 96 valence electrons. The Balaban J connectivity index is 2.15. The number of nitrogens with one attached hydrogen (secondary N) is 1. The van der Waals surface area contributed by atoms with Gasteiger partial charge in [0.15, 0.2) is 5.17 Å². The third-order valence-corrected chi connectivity index (χ3v) is 4.23. The molecule has 2 aliphatic heterocycles. The van der Waals surface area contributed by atoms with Gasteiger partial charge in [-0.2, -0.15) is 0 Å². The summed E-state index contributed by atoms with van der Waals surface area (Å²) in [5, 5.41) is 4.77. The van der Waals surface area contributed by atoms with E-state index in [9.17, 15) is 0 Å². The topological polar surface area (TPSA) is 27.6 Å². The molecule has 0 aliphatic carbocycles. The first-order valence-corrected chi connectivity index (χ1v) is 7.49. The van der Waals surface area contributed by atoms with E-state index in [1.807, 2.05) is 0 Å². The lowest BCUT2D eigenvalue weighted by Crippen LogP contribution is -2.57. The van der Waals surface area contributed by atoms with Gasteiger partial charge in [0.1, 0.15) is 5.66 Å². The fraction of sp³-hybridized carbons (Fsp3) is 0.500. The molecule has 0 saturated heterocycles. The zero-order chi connectivity index (χ0) is 13.0. The lowest BCUT2D eigenvalue weighted by atomic mass is 9.90. The van der Waals surface area contributed by atoms with Crippen molar-refractivity contribution in [2.24, 2.45) is 4.99 Å². The molecule has 0 spiro atoms. The van der Waals surface area contributed by atoms with Gasteiger partial charge in [-0.05, 0) is 39.2 Å². The third-order valence-electron chi connectivity index (χ3n) is 3.59. The second-order valence-electron chi connectivity index (χ2n) is 5.84. The van der Waals surface area contributed by atoms with Crippen molar-refractivity contribution in [2.45, 2.75) is 38.4 Å². The number of para-hydroxylation sites is 2. The summed E-state index contributed by atoms with van der Waals surface area (Å²) in [6, 6.07) is 8.47. The van der Waals surface area contributed by atoms with Crippen LogP contribution in [0.5, 0.6) is 0 Å². The van der Waals surface area contributed by atoms with Crippen molar-refractivity contribution in [3.63, 3.8) is 0 Å².